The van der Waals surface area contributed by atoms with Gasteiger partial charge in [-0.25, -0.2) is 23.1 Å². The molecule has 0 radical (unpaired) electrons. The van der Waals surface area contributed by atoms with Gasteiger partial charge in [-0.05, 0) is 20.1 Å². The van der Waals surface area contributed by atoms with E-state index in [2.05, 4.69) is 20.0 Å². The summed E-state index contributed by atoms with van der Waals surface area (Å²) < 4.78 is 26.3. The van der Waals surface area contributed by atoms with Gasteiger partial charge in [0, 0.05) is 18.3 Å². The van der Waals surface area contributed by atoms with E-state index < -0.39 is 10.0 Å². The molecule has 1 aromatic rings. The van der Waals surface area contributed by atoms with E-state index in [9.17, 15) is 8.42 Å². The molecule has 0 unspecified atom stereocenters. The zero-order valence-corrected chi connectivity index (χ0v) is 12.5. The van der Waals surface area contributed by atoms with Gasteiger partial charge in [-0.1, -0.05) is 0 Å². The van der Waals surface area contributed by atoms with Crippen molar-refractivity contribution in [3.63, 3.8) is 0 Å². The number of hydrogen-bond acceptors (Lipinski definition) is 6. The predicted octanol–water partition coefficient (Wildman–Crippen LogP) is 0.938. The van der Waals surface area contributed by atoms with Crippen LogP contribution >= 0.6 is 11.8 Å². The molecule has 8 heteroatoms. The Labute approximate surface area is 112 Å². The number of aromatic nitrogens is 2. The van der Waals surface area contributed by atoms with Gasteiger partial charge in [-0.3, -0.25) is 0 Å². The minimum atomic E-state index is -3.54. The number of thioether (sulfide) groups is 1. The lowest BCUT2D eigenvalue weighted by molar-refractivity contribution is 0.570. The third-order valence-corrected chi connectivity index (χ3v) is 5.01. The molecule has 0 atom stereocenters. The molecule has 102 valence electrons. The van der Waals surface area contributed by atoms with Crippen LogP contribution in [0, 0.1) is 0 Å². The van der Waals surface area contributed by atoms with E-state index in [0.29, 0.717) is 12.5 Å². The normalized spacial score (nSPS) is 12.4. The Hall–Kier alpha value is -0.860. The molecule has 0 aliphatic heterocycles. The van der Waals surface area contributed by atoms with Crippen LogP contribution in [0.3, 0.4) is 0 Å². The summed E-state index contributed by atoms with van der Waals surface area (Å²) in [6, 6.07) is 0. The van der Waals surface area contributed by atoms with Crippen LogP contribution in [0.15, 0.2) is 17.3 Å². The summed E-state index contributed by atoms with van der Waals surface area (Å²) in [4.78, 5) is 7.83. The average Bonchev–Trinajstić information content (AvgIpc) is 2.37. The Morgan fingerprint density at radius 1 is 1.33 bits per heavy atom. The van der Waals surface area contributed by atoms with Crippen LogP contribution in [0.25, 0.3) is 0 Å². The summed E-state index contributed by atoms with van der Waals surface area (Å²) >= 11 is 1.60. The Morgan fingerprint density at radius 2 is 1.89 bits per heavy atom. The van der Waals surface area contributed by atoms with Crippen molar-refractivity contribution in [1.82, 2.24) is 14.7 Å². The van der Waals surface area contributed by atoms with Crippen molar-refractivity contribution in [2.75, 3.05) is 25.2 Å². The maximum atomic E-state index is 12.0. The topological polar surface area (TPSA) is 84.0 Å². The molecule has 0 saturated carbocycles. The average molecular weight is 290 g/mol. The Bertz CT molecular complexity index is 485. The highest BCUT2D eigenvalue weighted by molar-refractivity contribution is 8.00. The van der Waals surface area contributed by atoms with Crippen LogP contribution in [-0.2, 0) is 10.0 Å². The number of anilines is 1. The fourth-order valence-electron chi connectivity index (χ4n) is 1.01. The molecule has 0 aliphatic rings. The Balaban J connectivity index is 2.80. The van der Waals surface area contributed by atoms with Gasteiger partial charge in [0.25, 0.3) is 0 Å². The quantitative estimate of drug-likeness (QED) is 0.811. The van der Waals surface area contributed by atoms with Crippen molar-refractivity contribution in [2.45, 2.75) is 23.5 Å². The molecule has 0 spiro atoms. The van der Waals surface area contributed by atoms with Crippen molar-refractivity contribution in [2.24, 2.45) is 0 Å². The van der Waals surface area contributed by atoms with E-state index in [1.165, 1.54) is 12.4 Å². The van der Waals surface area contributed by atoms with Gasteiger partial charge in [-0.2, -0.15) is 11.8 Å². The number of rotatable bonds is 6. The number of sulfonamides is 1. The molecule has 0 fully saturated rings. The predicted molar refractivity (Wildman–Crippen MR) is 74.4 cm³/mol. The number of nitrogens with zero attached hydrogens (tertiary/aromatic N) is 2. The second-order valence-corrected chi connectivity index (χ2v) is 7.56. The molecule has 0 amide bonds. The highest BCUT2D eigenvalue weighted by atomic mass is 32.2. The Morgan fingerprint density at radius 3 is 2.33 bits per heavy atom. The minimum absolute atomic E-state index is 0.0680. The minimum Gasteiger partial charge on any atom is -0.357 e. The summed E-state index contributed by atoms with van der Waals surface area (Å²) in [6.45, 7) is 4.30. The highest BCUT2D eigenvalue weighted by Crippen LogP contribution is 2.20. The number of hydrogen-bond donors (Lipinski definition) is 2. The lowest BCUT2D eigenvalue weighted by atomic mass is 10.2. The van der Waals surface area contributed by atoms with E-state index >= 15 is 0 Å². The van der Waals surface area contributed by atoms with Crippen LogP contribution in [0.5, 0.6) is 0 Å². The monoisotopic (exact) mass is 290 g/mol. The van der Waals surface area contributed by atoms with Gasteiger partial charge in [-0.15, -0.1) is 0 Å². The maximum absolute atomic E-state index is 12.0. The van der Waals surface area contributed by atoms with Crippen molar-refractivity contribution in [3.05, 3.63) is 12.4 Å². The molecular weight excluding hydrogens is 272 g/mol. The SMILES string of the molecule is CNc1ncc(S(=O)(=O)NCC(C)(C)SC)cn1. The van der Waals surface area contributed by atoms with Crippen LogP contribution in [0.4, 0.5) is 5.95 Å². The van der Waals surface area contributed by atoms with Crippen molar-refractivity contribution in [3.8, 4) is 0 Å². The Kier molecular flexibility index (Phi) is 4.94. The second kappa shape index (κ2) is 5.85. The van der Waals surface area contributed by atoms with Gasteiger partial charge in [0.05, 0.1) is 12.4 Å². The van der Waals surface area contributed by atoms with Crippen LogP contribution in [0.2, 0.25) is 0 Å². The maximum Gasteiger partial charge on any atom is 0.243 e. The van der Waals surface area contributed by atoms with Crippen LogP contribution < -0.4 is 10.0 Å². The largest absolute Gasteiger partial charge is 0.357 e. The first-order chi connectivity index (χ1) is 8.30. The smallest absolute Gasteiger partial charge is 0.243 e. The standard InChI is InChI=1S/C10H18N4O2S2/c1-10(2,17-4)7-14-18(15,16)8-5-12-9(11-3)13-6-8/h5-6,14H,7H2,1-4H3,(H,11,12,13). The van der Waals surface area contributed by atoms with E-state index in [-0.39, 0.29) is 9.64 Å². The third kappa shape index (κ3) is 4.11. The van der Waals surface area contributed by atoms with Gasteiger partial charge in [0.15, 0.2) is 0 Å². The molecule has 0 bridgehead atoms. The molecular formula is C10H18N4O2S2. The lowest BCUT2D eigenvalue weighted by Gasteiger charge is -2.22. The first-order valence-electron chi connectivity index (χ1n) is 5.35. The molecule has 2 N–H and O–H groups in total. The van der Waals surface area contributed by atoms with E-state index in [0.717, 1.165) is 0 Å². The summed E-state index contributed by atoms with van der Waals surface area (Å²) in [7, 11) is -1.88. The summed E-state index contributed by atoms with van der Waals surface area (Å²) in [6.07, 6.45) is 4.51. The first-order valence-corrected chi connectivity index (χ1v) is 8.06. The molecule has 0 aromatic carbocycles. The molecule has 1 heterocycles. The zero-order chi connectivity index (χ0) is 13.8. The van der Waals surface area contributed by atoms with E-state index in [1.807, 2.05) is 20.1 Å². The fourth-order valence-corrected chi connectivity index (χ4v) is 2.42. The summed E-state index contributed by atoms with van der Waals surface area (Å²) in [5, 5.41) is 2.73. The molecule has 18 heavy (non-hydrogen) atoms. The second-order valence-electron chi connectivity index (χ2n) is 4.28. The molecule has 0 saturated heterocycles. The molecule has 1 rings (SSSR count). The van der Waals surface area contributed by atoms with E-state index in [1.54, 1.807) is 18.8 Å². The van der Waals surface area contributed by atoms with E-state index in [4.69, 9.17) is 0 Å². The van der Waals surface area contributed by atoms with Crippen LogP contribution in [0.1, 0.15) is 13.8 Å². The van der Waals surface area contributed by atoms with Crippen molar-refractivity contribution in [1.29, 1.82) is 0 Å². The lowest BCUT2D eigenvalue weighted by Crippen LogP contribution is -2.36. The van der Waals surface area contributed by atoms with Crippen molar-refractivity contribution >= 4 is 27.7 Å². The zero-order valence-electron chi connectivity index (χ0n) is 10.9. The van der Waals surface area contributed by atoms with Gasteiger partial charge < -0.3 is 5.32 Å². The highest BCUT2D eigenvalue weighted by Gasteiger charge is 2.21. The molecule has 0 aliphatic carbocycles. The molecule has 6 nitrogen and oxygen atoms in total. The summed E-state index contributed by atoms with van der Waals surface area (Å²) in [5.41, 5.74) is 0. The fraction of sp³-hybridized carbons (Fsp3) is 0.600. The van der Waals surface area contributed by atoms with Gasteiger partial charge in [0.1, 0.15) is 4.90 Å². The van der Waals surface area contributed by atoms with Crippen molar-refractivity contribution < 1.29 is 8.42 Å². The first kappa shape index (κ1) is 15.2. The van der Waals surface area contributed by atoms with Gasteiger partial charge in [0.2, 0.25) is 16.0 Å². The van der Waals surface area contributed by atoms with Gasteiger partial charge >= 0.3 is 0 Å². The number of nitrogens with one attached hydrogen (secondary N) is 2. The summed E-state index contributed by atoms with van der Waals surface area (Å²) in [5.74, 6) is 0.387. The molecule has 1 aromatic heterocycles. The van der Waals surface area contributed by atoms with Crippen LogP contribution in [-0.4, -0.2) is 43.0 Å². The third-order valence-electron chi connectivity index (χ3n) is 2.40.